The molecule has 3 nitrogen and oxygen atoms in total. The molecule has 5 heteroatoms. The number of halogens is 2. The first-order valence-electron chi connectivity index (χ1n) is 4.62. The number of aliphatic carboxylic acids is 1. The summed E-state index contributed by atoms with van der Waals surface area (Å²) >= 11 is 6.64. The van der Waals surface area contributed by atoms with Crippen molar-refractivity contribution < 1.29 is 14.7 Å². The molecule has 0 saturated heterocycles. The number of aryl methyl sites for hydroxylation is 1. The number of carboxylic acids is 1. The van der Waals surface area contributed by atoms with E-state index in [0.29, 0.717) is 10.0 Å². The van der Waals surface area contributed by atoms with Crippen LogP contribution in [0.2, 0.25) is 0 Å². The third kappa shape index (κ3) is 3.42. The molecular weight excluding hydrogens is 340 g/mol. The fourth-order valence-electron chi connectivity index (χ4n) is 1.22. The number of carbonyl (C=O) groups is 2. The summed E-state index contributed by atoms with van der Waals surface area (Å²) in [5.41, 5.74) is 1.53. The van der Waals surface area contributed by atoms with Crippen LogP contribution in [0, 0.1) is 6.92 Å². The number of carboxylic acid groups (broad SMARTS) is 1. The zero-order valence-electron chi connectivity index (χ0n) is 8.59. The van der Waals surface area contributed by atoms with Gasteiger partial charge in [-0.2, -0.15) is 0 Å². The third-order valence-corrected chi connectivity index (χ3v) is 3.63. The van der Waals surface area contributed by atoms with E-state index >= 15 is 0 Å². The Morgan fingerprint density at radius 3 is 2.38 bits per heavy atom. The normalized spacial score (nSPS) is 10.2. The fourth-order valence-corrected chi connectivity index (χ4v) is 2.24. The molecule has 0 aliphatic carbocycles. The molecule has 0 aliphatic heterocycles. The standard InChI is InChI=1S/C11H10Br2O3/c1-6-4-9(13)7(5-8(6)12)10(14)2-3-11(15)16/h4-5H,2-3H2,1H3,(H,15,16). The summed E-state index contributed by atoms with van der Waals surface area (Å²) in [6.45, 7) is 1.92. The first-order valence-corrected chi connectivity index (χ1v) is 6.21. The number of benzene rings is 1. The van der Waals surface area contributed by atoms with Gasteiger partial charge in [0.05, 0.1) is 6.42 Å². The maximum Gasteiger partial charge on any atom is 0.303 e. The van der Waals surface area contributed by atoms with Gasteiger partial charge in [-0.05, 0) is 24.6 Å². The second-order valence-electron chi connectivity index (χ2n) is 3.40. The van der Waals surface area contributed by atoms with Crippen LogP contribution in [0.5, 0.6) is 0 Å². The summed E-state index contributed by atoms with van der Waals surface area (Å²) in [5, 5.41) is 8.50. The topological polar surface area (TPSA) is 54.4 Å². The molecule has 0 radical (unpaired) electrons. The quantitative estimate of drug-likeness (QED) is 0.845. The van der Waals surface area contributed by atoms with Gasteiger partial charge in [0.25, 0.3) is 0 Å². The molecule has 0 unspecified atom stereocenters. The Balaban J connectivity index is 2.91. The van der Waals surface area contributed by atoms with Crippen LogP contribution in [0.3, 0.4) is 0 Å². The van der Waals surface area contributed by atoms with Crippen molar-refractivity contribution in [2.75, 3.05) is 0 Å². The second-order valence-corrected chi connectivity index (χ2v) is 5.11. The number of hydrogen-bond donors (Lipinski definition) is 1. The maximum absolute atomic E-state index is 11.7. The van der Waals surface area contributed by atoms with E-state index in [1.54, 1.807) is 6.07 Å². The lowest BCUT2D eigenvalue weighted by Crippen LogP contribution is -2.05. The molecule has 86 valence electrons. The van der Waals surface area contributed by atoms with E-state index in [4.69, 9.17) is 5.11 Å². The number of ketones is 1. The van der Waals surface area contributed by atoms with Gasteiger partial charge in [0.1, 0.15) is 0 Å². The van der Waals surface area contributed by atoms with Crippen LogP contribution in [0.4, 0.5) is 0 Å². The number of rotatable bonds is 4. The highest BCUT2D eigenvalue weighted by Gasteiger charge is 2.13. The lowest BCUT2D eigenvalue weighted by Gasteiger charge is -2.06. The predicted molar refractivity (Wildman–Crippen MR) is 67.8 cm³/mol. The zero-order chi connectivity index (χ0) is 12.3. The van der Waals surface area contributed by atoms with Crippen molar-refractivity contribution in [1.29, 1.82) is 0 Å². The van der Waals surface area contributed by atoms with Crippen molar-refractivity contribution in [1.82, 2.24) is 0 Å². The van der Waals surface area contributed by atoms with E-state index in [-0.39, 0.29) is 18.6 Å². The molecule has 0 spiro atoms. The van der Waals surface area contributed by atoms with E-state index in [2.05, 4.69) is 31.9 Å². The van der Waals surface area contributed by atoms with Crippen molar-refractivity contribution in [3.63, 3.8) is 0 Å². The molecule has 0 heterocycles. The molecule has 0 fully saturated rings. The molecule has 16 heavy (non-hydrogen) atoms. The van der Waals surface area contributed by atoms with Gasteiger partial charge >= 0.3 is 5.97 Å². The minimum absolute atomic E-state index is 0.0173. The summed E-state index contributed by atoms with van der Waals surface area (Å²) < 4.78 is 1.54. The van der Waals surface area contributed by atoms with Crippen LogP contribution in [0.1, 0.15) is 28.8 Å². The molecule has 0 aromatic heterocycles. The molecule has 1 rings (SSSR count). The summed E-state index contributed by atoms with van der Waals surface area (Å²) in [4.78, 5) is 22.1. The average Bonchev–Trinajstić information content (AvgIpc) is 2.20. The Hall–Kier alpha value is -0.680. The Labute approximate surface area is 110 Å². The van der Waals surface area contributed by atoms with Crippen molar-refractivity contribution in [2.45, 2.75) is 19.8 Å². The Bertz CT molecular complexity index is 441. The molecule has 1 aromatic rings. The van der Waals surface area contributed by atoms with Crippen molar-refractivity contribution in [3.05, 3.63) is 32.2 Å². The van der Waals surface area contributed by atoms with Gasteiger partial charge in [0.15, 0.2) is 5.78 Å². The lowest BCUT2D eigenvalue weighted by atomic mass is 10.1. The highest BCUT2D eigenvalue weighted by atomic mass is 79.9. The van der Waals surface area contributed by atoms with Crippen LogP contribution < -0.4 is 0 Å². The number of Topliss-reactive ketones (excluding diaryl/α,β-unsaturated/α-hetero) is 1. The summed E-state index contributed by atoms with van der Waals surface area (Å²) in [5.74, 6) is -1.13. The molecule has 0 atom stereocenters. The van der Waals surface area contributed by atoms with Gasteiger partial charge in [-0.15, -0.1) is 0 Å². The summed E-state index contributed by atoms with van der Waals surface area (Å²) in [7, 11) is 0. The number of carbonyl (C=O) groups excluding carboxylic acids is 1. The lowest BCUT2D eigenvalue weighted by molar-refractivity contribution is -0.136. The fraction of sp³-hybridized carbons (Fsp3) is 0.273. The summed E-state index contributed by atoms with van der Waals surface area (Å²) in [6.07, 6.45) is -0.125. The van der Waals surface area contributed by atoms with Crippen LogP contribution >= 0.6 is 31.9 Å². The van der Waals surface area contributed by atoms with E-state index in [9.17, 15) is 9.59 Å². The Morgan fingerprint density at radius 2 is 1.81 bits per heavy atom. The molecule has 0 bridgehead atoms. The molecule has 1 aromatic carbocycles. The Morgan fingerprint density at radius 1 is 1.19 bits per heavy atom. The predicted octanol–water partition coefficient (Wildman–Crippen LogP) is 3.57. The van der Waals surface area contributed by atoms with Gasteiger partial charge in [-0.25, -0.2) is 0 Å². The van der Waals surface area contributed by atoms with Crippen molar-refractivity contribution >= 4 is 43.6 Å². The van der Waals surface area contributed by atoms with Crippen LogP contribution in [0.25, 0.3) is 0 Å². The van der Waals surface area contributed by atoms with Crippen molar-refractivity contribution in [3.8, 4) is 0 Å². The van der Waals surface area contributed by atoms with E-state index in [1.165, 1.54) is 0 Å². The first-order chi connectivity index (χ1) is 7.41. The second kappa shape index (κ2) is 5.59. The van der Waals surface area contributed by atoms with Crippen LogP contribution in [-0.2, 0) is 4.79 Å². The molecule has 1 N–H and O–H groups in total. The van der Waals surface area contributed by atoms with Crippen LogP contribution in [-0.4, -0.2) is 16.9 Å². The SMILES string of the molecule is Cc1cc(Br)c(C(=O)CCC(=O)O)cc1Br. The number of hydrogen-bond acceptors (Lipinski definition) is 2. The highest BCUT2D eigenvalue weighted by Crippen LogP contribution is 2.26. The van der Waals surface area contributed by atoms with Crippen LogP contribution in [0.15, 0.2) is 21.1 Å². The van der Waals surface area contributed by atoms with E-state index < -0.39 is 5.97 Å². The minimum atomic E-state index is -0.962. The molecular formula is C11H10Br2O3. The van der Waals surface area contributed by atoms with Gasteiger partial charge in [0, 0.05) is 20.9 Å². The molecule has 0 aliphatic rings. The van der Waals surface area contributed by atoms with E-state index in [0.717, 1.165) is 10.0 Å². The average molecular weight is 350 g/mol. The maximum atomic E-state index is 11.7. The highest BCUT2D eigenvalue weighted by molar-refractivity contribution is 9.11. The van der Waals surface area contributed by atoms with Gasteiger partial charge in [0.2, 0.25) is 0 Å². The largest absolute Gasteiger partial charge is 0.481 e. The smallest absolute Gasteiger partial charge is 0.303 e. The third-order valence-electron chi connectivity index (χ3n) is 2.11. The first kappa shape index (κ1) is 13.4. The van der Waals surface area contributed by atoms with Gasteiger partial charge in [-0.3, -0.25) is 9.59 Å². The molecule has 0 saturated carbocycles. The summed E-state index contributed by atoms with van der Waals surface area (Å²) in [6, 6.07) is 3.54. The molecule has 0 amide bonds. The Kier molecular flexibility index (Phi) is 4.68. The van der Waals surface area contributed by atoms with Gasteiger partial charge < -0.3 is 5.11 Å². The van der Waals surface area contributed by atoms with Crippen molar-refractivity contribution in [2.24, 2.45) is 0 Å². The van der Waals surface area contributed by atoms with E-state index in [1.807, 2.05) is 13.0 Å². The van der Waals surface area contributed by atoms with Gasteiger partial charge in [-0.1, -0.05) is 31.9 Å². The minimum Gasteiger partial charge on any atom is -0.481 e. The zero-order valence-corrected chi connectivity index (χ0v) is 11.8. The monoisotopic (exact) mass is 348 g/mol.